The van der Waals surface area contributed by atoms with Crippen molar-refractivity contribution in [3.63, 3.8) is 0 Å². The Hall–Kier alpha value is -0.610. The number of carboxylic acids is 1. The van der Waals surface area contributed by atoms with Crippen molar-refractivity contribution in [1.82, 2.24) is 4.90 Å². The summed E-state index contributed by atoms with van der Waals surface area (Å²) < 4.78 is 5.16. The van der Waals surface area contributed by atoms with Gasteiger partial charge in [0, 0.05) is 26.1 Å². The number of carbonyl (C=O) groups is 1. The van der Waals surface area contributed by atoms with Crippen molar-refractivity contribution in [1.29, 1.82) is 0 Å². The average Bonchev–Trinajstić information content (AvgIpc) is 3.15. The zero-order valence-electron chi connectivity index (χ0n) is 11.7. The lowest BCUT2D eigenvalue weighted by Crippen LogP contribution is -2.37. The molecule has 0 bridgehead atoms. The fourth-order valence-corrected chi connectivity index (χ4v) is 2.37. The summed E-state index contributed by atoms with van der Waals surface area (Å²) >= 11 is 0. The first kappa shape index (κ1) is 15.4. The number of ether oxygens (including phenoxy) is 1. The Morgan fingerprint density at radius 3 is 2.61 bits per heavy atom. The van der Waals surface area contributed by atoms with Crippen molar-refractivity contribution in [2.24, 2.45) is 5.92 Å². The molecule has 1 N–H and O–H groups in total. The van der Waals surface area contributed by atoms with Crippen molar-refractivity contribution in [2.45, 2.75) is 51.5 Å². The van der Waals surface area contributed by atoms with E-state index in [0.29, 0.717) is 12.5 Å². The lowest BCUT2D eigenvalue weighted by atomic mass is 10.1. The molecule has 1 atom stereocenters. The largest absolute Gasteiger partial charge is 0.481 e. The molecule has 0 aromatic heterocycles. The number of carboxylic acid groups (broad SMARTS) is 1. The van der Waals surface area contributed by atoms with Crippen molar-refractivity contribution in [2.75, 3.05) is 26.8 Å². The summed E-state index contributed by atoms with van der Waals surface area (Å²) in [6, 6.07) is 0.652. The first-order chi connectivity index (χ1) is 8.65. The molecule has 0 amide bonds. The minimum atomic E-state index is -0.683. The van der Waals surface area contributed by atoms with Crippen molar-refractivity contribution >= 4 is 5.97 Å². The van der Waals surface area contributed by atoms with E-state index in [1.54, 1.807) is 7.11 Å². The van der Waals surface area contributed by atoms with E-state index in [9.17, 15) is 4.79 Å². The summed E-state index contributed by atoms with van der Waals surface area (Å²) in [6.07, 6.45) is 5.93. The highest BCUT2D eigenvalue weighted by Gasteiger charge is 2.31. The molecule has 0 aromatic carbocycles. The molecular formula is C14H27NO3. The van der Waals surface area contributed by atoms with Crippen LogP contribution in [-0.2, 0) is 9.53 Å². The van der Waals surface area contributed by atoms with E-state index >= 15 is 0 Å². The van der Waals surface area contributed by atoms with E-state index in [-0.39, 0.29) is 0 Å². The predicted octanol–water partition coefficient (Wildman–Crippen LogP) is 2.38. The second-order valence-corrected chi connectivity index (χ2v) is 5.31. The van der Waals surface area contributed by atoms with Crippen LogP contribution in [0.1, 0.15) is 45.4 Å². The summed E-state index contributed by atoms with van der Waals surface area (Å²) in [6.45, 7) is 5.16. The number of unbranched alkanes of at least 4 members (excludes halogenated alkanes) is 2. The van der Waals surface area contributed by atoms with E-state index < -0.39 is 5.97 Å². The van der Waals surface area contributed by atoms with E-state index in [1.807, 2.05) is 0 Å². The number of rotatable bonds is 11. The lowest BCUT2D eigenvalue weighted by Gasteiger charge is -2.29. The molecule has 0 heterocycles. The van der Waals surface area contributed by atoms with Crippen LogP contribution in [0.2, 0.25) is 0 Å². The van der Waals surface area contributed by atoms with Gasteiger partial charge >= 0.3 is 5.97 Å². The van der Waals surface area contributed by atoms with Gasteiger partial charge in [-0.05, 0) is 45.1 Å². The van der Waals surface area contributed by atoms with Gasteiger partial charge in [-0.1, -0.05) is 6.42 Å². The fraction of sp³-hybridized carbons (Fsp3) is 0.929. The zero-order valence-corrected chi connectivity index (χ0v) is 11.7. The van der Waals surface area contributed by atoms with Crippen LogP contribution in [0, 0.1) is 5.92 Å². The van der Waals surface area contributed by atoms with Gasteiger partial charge in [0.1, 0.15) is 0 Å². The van der Waals surface area contributed by atoms with Crippen LogP contribution in [0.15, 0.2) is 0 Å². The summed E-state index contributed by atoms with van der Waals surface area (Å²) in [5.74, 6) is 0.193. The van der Waals surface area contributed by atoms with Gasteiger partial charge in [-0.2, -0.15) is 0 Å². The highest BCUT2D eigenvalue weighted by atomic mass is 16.5. The molecule has 1 aliphatic carbocycles. The molecule has 1 unspecified atom stereocenters. The third-order valence-corrected chi connectivity index (χ3v) is 3.80. The van der Waals surface area contributed by atoms with E-state index in [0.717, 1.165) is 44.9 Å². The Morgan fingerprint density at radius 1 is 1.33 bits per heavy atom. The number of aliphatic carboxylic acids is 1. The van der Waals surface area contributed by atoms with Gasteiger partial charge in [0.05, 0.1) is 6.61 Å². The highest BCUT2D eigenvalue weighted by molar-refractivity contribution is 5.66. The molecule has 1 saturated carbocycles. The van der Waals surface area contributed by atoms with Crippen LogP contribution in [0.5, 0.6) is 0 Å². The Labute approximate surface area is 110 Å². The molecule has 1 aliphatic rings. The van der Waals surface area contributed by atoms with Crippen LogP contribution in [-0.4, -0.2) is 48.8 Å². The Balaban J connectivity index is 2.16. The quantitative estimate of drug-likeness (QED) is 0.577. The molecular weight excluding hydrogens is 230 g/mol. The van der Waals surface area contributed by atoms with Crippen LogP contribution >= 0.6 is 0 Å². The molecule has 1 fully saturated rings. The monoisotopic (exact) mass is 257 g/mol. The maximum Gasteiger partial charge on any atom is 0.303 e. The topological polar surface area (TPSA) is 49.8 Å². The van der Waals surface area contributed by atoms with Gasteiger partial charge in [-0.15, -0.1) is 0 Å². The SMILES string of the molecule is COCCN(CCCCCC(=O)O)C(C)C1CC1. The van der Waals surface area contributed by atoms with Gasteiger partial charge in [0.25, 0.3) is 0 Å². The third-order valence-electron chi connectivity index (χ3n) is 3.80. The fourth-order valence-electron chi connectivity index (χ4n) is 2.37. The second kappa shape index (κ2) is 8.48. The highest BCUT2D eigenvalue weighted by Crippen LogP contribution is 2.35. The molecule has 18 heavy (non-hydrogen) atoms. The first-order valence-corrected chi connectivity index (χ1v) is 7.10. The molecule has 4 heteroatoms. The van der Waals surface area contributed by atoms with Crippen LogP contribution < -0.4 is 0 Å². The number of hydrogen-bond acceptors (Lipinski definition) is 3. The van der Waals surface area contributed by atoms with Gasteiger partial charge in [-0.25, -0.2) is 0 Å². The van der Waals surface area contributed by atoms with Crippen LogP contribution in [0.25, 0.3) is 0 Å². The van der Waals surface area contributed by atoms with Gasteiger partial charge < -0.3 is 9.84 Å². The molecule has 0 aliphatic heterocycles. The Morgan fingerprint density at radius 2 is 2.06 bits per heavy atom. The molecule has 1 rings (SSSR count). The summed E-state index contributed by atoms with van der Waals surface area (Å²) in [7, 11) is 1.74. The molecule has 4 nitrogen and oxygen atoms in total. The normalized spacial score (nSPS) is 17.1. The lowest BCUT2D eigenvalue weighted by molar-refractivity contribution is -0.137. The molecule has 0 spiro atoms. The number of hydrogen-bond donors (Lipinski definition) is 1. The van der Waals surface area contributed by atoms with Crippen molar-refractivity contribution < 1.29 is 14.6 Å². The van der Waals surface area contributed by atoms with E-state index in [1.165, 1.54) is 12.8 Å². The zero-order chi connectivity index (χ0) is 13.4. The first-order valence-electron chi connectivity index (χ1n) is 7.10. The smallest absolute Gasteiger partial charge is 0.303 e. The summed E-state index contributed by atoms with van der Waals surface area (Å²) in [5.41, 5.74) is 0. The molecule has 0 aromatic rings. The number of methoxy groups -OCH3 is 1. The summed E-state index contributed by atoms with van der Waals surface area (Å²) in [5, 5.41) is 8.58. The van der Waals surface area contributed by atoms with Crippen LogP contribution in [0.4, 0.5) is 0 Å². The maximum atomic E-state index is 10.4. The molecule has 0 saturated heterocycles. The maximum absolute atomic E-state index is 10.4. The van der Waals surface area contributed by atoms with E-state index in [2.05, 4.69) is 11.8 Å². The Kier molecular flexibility index (Phi) is 7.28. The summed E-state index contributed by atoms with van der Waals surface area (Å²) in [4.78, 5) is 12.9. The minimum absolute atomic E-state index is 0.302. The van der Waals surface area contributed by atoms with Crippen molar-refractivity contribution in [3.8, 4) is 0 Å². The molecule has 106 valence electrons. The van der Waals surface area contributed by atoms with Gasteiger partial charge in [0.2, 0.25) is 0 Å². The van der Waals surface area contributed by atoms with Crippen molar-refractivity contribution in [3.05, 3.63) is 0 Å². The molecule has 0 radical (unpaired) electrons. The third kappa shape index (κ3) is 6.36. The van der Waals surface area contributed by atoms with Gasteiger partial charge in [-0.3, -0.25) is 9.69 Å². The minimum Gasteiger partial charge on any atom is -0.481 e. The predicted molar refractivity (Wildman–Crippen MR) is 71.7 cm³/mol. The second-order valence-electron chi connectivity index (χ2n) is 5.31. The Bertz CT molecular complexity index is 241. The van der Waals surface area contributed by atoms with E-state index in [4.69, 9.17) is 9.84 Å². The average molecular weight is 257 g/mol. The standard InChI is InChI=1S/C14H27NO3/c1-12(13-7-8-13)15(10-11-18-2)9-5-3-4-6-14(16)17/h12-13H,3-11H2,1-2H3,(H,16,17). The van der Waals surface area contributed by atoms with Gasteiger partial charge in [0.15, 0.2) is 0 Å². The van der Waals surface area contributed by atoms with Crippen LogP contribution in [0.3, 0.4) is 0 Å². The number of nitrogens with zero attached hydrogens (tertiary/aromatic N) is 1.